The third kappa shape index (κ3) is 10.8. The first kappa shape index (κ1) is 25.8. The van der Waals surface area contributed by atoms with Gasteiger partial charge in [0.05, 0.1) is 19.2 Å². The third-order valence-electron chi connectivity index (χ3n) is 3.88. The molecule has 0 fully saturated rings. The minimum Gasteiger partial charge on any atom is -0.480 e. The van der Waals surface area contributed by atoms with Crippen molar-refractivity contribution in [1.82, 2.24) is 16.0 Å². The lowest BCUT2D eigenvalue weighted by Crippen LogP contribution is -2.55. The van der Waals surface area contributed by atoms with Crippen molar-refractivity contribution >= 4 is 23.7 Å². The fourth-order valence-corrected chi connectivity index (χ4v) is 2.37. The molecule has 0 bridgehead atoms. The summed E-state index contributed by atoms with van der Waals surface area (Å²) >= 11 is 0. The molecule has 0 aromatic carbocycles. The number of rotatable bonds is 14. The number of aliphatic carboxylic acids is 1. The van der Waals surface area contributed by atoms with E-state index in [9.17, 15) is 24.3 Å². The van der Waals surface area contributed by atoms with E-state index in [1.54, 1.807) is 0 Å². The molecule has 3 unspecified atom stereocenters. The Hall–Kier alpha value is -2.24. The molecule has 0 spiro atoms. The average Bonchev–Trinajstić information content (AvgIpc) is 2.62. The highest BCUT2D eigenvalue weighted by Crippen LogP contribution is 2.03. The molecule has 0 saturated carbocycles. The number of hydrogen-bond acceptors (Lipinski definition) is 7. The molecule has 162 valence electrons. The lowest BCUT2D eigenvalue weighted by Gasteiger charge is -2.20. The predicted molar refractivity (Wildman–Crippen MR) is 102 cm³/mol. The van der Waals surface area contributed by atoms with Crippen molar-refractivity contribution in [2.75, 3.05) is 19.7 Å². The van der Waals surface area contributed by atoms with Gasteiger partial charge in [0, 0.05) is 0 Å². The van der Waals surface area contributed by atoms with Gasteiger partial charge >= 0.3 is 5.97 Å². The molecule has 0 aliphatic heterocycles. The van der Waals surface area contributed by atoms with E-state index >= 15 is 0 Å². The van der Waals surface area contributed by atoms with Crippen LogP contribution in [-0.4, -0.2) is 71.7 Å². The molecule has 11 heteroatoms. The number of nitrogens with one attached hydrogen (secondary N) is 3. The van der Waals surface area contributed by atoms with Crippen LogP contribution in [0.5, 0.6) is 0 Å². The van der Waals surface area contributed by atoms with Crippen LogP contribution < -0.4 is 27.4 Å². The maximum atomic E-state index is 12.1. The quantitative estimate of drug-likeness (QED) is 0.156. The Balaban J connectivity index is 4.51. The molecular formula is C17H33N5O6. The second-order valence-electron chi connectivity index (χ2n) is 6.94. The van der Waals surface area contributed by atoms with Gasteiger partial charge in [0.15, 0.2) is 0 Å². The topological polar surface area (TPSA) is 197 Å². The SMILES string of the molecule is CC(C)CC(N)C(=O)NC(CO)C(=O)NCC(=O)NC(CCCCN)C(=O)O. The summed E-state index contributed by atoms with van der Waals surface area (Å²) in [6, 6.07) is -3.17. The third-order valence-corrected chi connectivity index (χ3v) is 3.88. The molecule has 3 amide bonds. The number of aliphatic hydroxyl groups excluding tert-OH is 1. The number of amides is 3. The molecular weight excluding hydrogens is 370 g/mol. The average molecular weight is 403 g/mol. The molecule has 3 atom stereocenters. The smallest absolute Gasteiger partial charge is 0.326 e. The van der Waals surface area contributed by atoms with Gasteiger partial charge in [0.1, 0.15) is 12.1 Å². The van der Waals surface area contributed by atoms with Crippen molar-refractivity contribution in [1.29, 1.82) is 0 Å². The number of unbranched alkanes of at least 4 members (excludes halogenated alkanes) is 1. The number of carboxylic acid groups (broad SMARTS) is 1. The van der Waals surface area contributed by atoms with Gasteiger partial charge < -0.3 is 37.6 Å². The van der Waals surface area contributed by atoms with E-state index in [0.717, 1.165) is 0 Å². The molecule has 11 nitrogen and oxygen atoms in total. The van der Waals surface area contributed by atoms with Gasteiger partial charge in [0.2, 0.25) is 17.7 Å². The Morgan fingerprint density at radius 2 is 1.64 bits per heavy atom. The van der Waals surface area contributed by atoms with E-state index in [-0.39, 0.29) is 12.3 Å². The number of aliphatic hydroxyl groups is 1. The van der Waals surface area contributed by atoms with Crippen molar-refractivity contribution in [3.05, 3.63) is 0 Å². The van der Waals surface area contributed by atoms with E-state index in [1.165, 1.54) is 0 Å². The molecule has 0 radical (unpaired) electrons. The molecule has 0 heterocycles. The van der Waals surface area contributed by atoms with Gasteiger partial charge in [0.25, 0.3) is 0 Å². The summed E-state index contributed by atoms with van der Waals surface area (Å²) in [6.07, 6.45) is 1.80. The Morgan fingerprint density at radius 1 is 1.00 bits per heavy atom. The number of carbonyl (C=O) groups is 4. The van der Waals surface area contributed by atoms with E-state index in [4.69, 9.17) is 16.6 Å². The predicted octanol–water partition coefficient (Wildman–Crippen LogP) is -2.35. The normalized spacial score (nSPS) is 14.1. The second-order valence-corrected chi connectivity index (χ2v) is 6.94. The Labute approximate surface area is 164 Å². The Kier molecular flexibility index (Phi) is 12.7. The molecule has 0 rings (SSSR count). The fourth-order valence-electron chi connectivity index (χ4n) is 2.37. The summed E-state index contributed by atoms with van der Waals surface area (Å²) in [4.78, 5) is 47.0. The van der Waals surface area contributed by atoms with Gasteiger partial charge in [-0.05, 0) is 38.1 Å². The van der Waals surface area contributed by atoms with Crippen LogP contribution in [0.25, 0.3) is 0 Å². The monoisotopic (exact) mass is 403 g/mol. The first-order chi connectivity index (χ1) is 13.1. The zero-order chi connectivity index (χ0) is 21.7. The fraction of sp³-hybridized carbons (Fsp3) is 0.765. The van der Waals surface area contributed by atoms with E-state index in [1.807, 2.05) is 13.8 Å². The summed E-state index contributed by atoms with van der Waals surface area (Å²) in [5.41, 5.74) is 11.1. The molecule has 9 N–H and O–H groups in total. The van der Waals surface area contributed by atoms with Crippen LogP contribution in [0.2, 0.25) is 0 Å². The Morgan fingerprint density at radius 3 is 2.14 bits per heavy atom. The highest BCUT2D eigenvalue weighted by molar-refractivity contribution is 5.92. The van der Waals surface area contributed by atoms with Crippen LogP contribution in [0.15, 0.2) is 0 Å². The van der Waals surface area contributed by atoms with Gasteiger partial charge in [-0.3, -0.25) is 14.4 Å². The number of carboxylic acids is 1. The Bertz CT molecular complexity index is 528. The van der Waals surface area contributed by atoms with Crippen LogP contribution in [0.4, 0.5) is 0 Å². The molecule has 0 aromatic rings. The minimum atomic E-state index is -1.27. The lowest BCUT2D eigenvalue weighted by atomic mass is 10.0. The van der Waals surface area contributed by atoms with Crippen molar-refractivity contribution in [3.63, 3.8) is 0 Å². The molecule has 28 heavy (non-hydrogen) atoms. The lowest BCUT2D eigenvalue weighted by molar-refractivity contribution is -0.142. The van der Waals surface area contributed by atoms with E-state index < -0.39 is 55.0 Å². The van der Waals surface area contributed by atoms with Crippen LogP contribution >= 0.6 is 0 Å². The molecule has 0 aliphatic carbocycles. The van der Waals surface area contributed by atoms with Gasteiger partial charge in [-0.2, -0.15) is 0 Å². The van der Waals surface area contributed by atoms with Gasteiger partial charge in [-0.1, -0.05) is 13.8 Å². The summed E-state index contributed by atoms with van der Waals surface area (Å²) < 4.78 is 0. The van der Waals surface area contributed by atoms with Crippen LogP contribution in [0, 0.1) is 5.92 Å². The molecule has 0 saturated heterocycles. The maximum Gasteiger partial charge on any atom is 0.326 e. The van der Waals surface area contributed by atoms with E-state index in [0.29, 0.717) is 25.8 Å². The maximum absolute atomic E-state index is 12.1. The van der Waals surface area contributed by atoms with Gasteiger partial charge in [-0.25, -0.2) is 4.79 Å². The first-order valence-corrected chi connectivity index (χ1v) is 9.29. The van der Waals surface area contributed by atoms with E-state index in [2.05, 4.69) is 16.0 Å². The summed E-state index contributed by atoms with van der Waals surface area (Å²) in [5.74, 6) is -3.07. The largest absolute Gasteiger partial charge is 0.480 e. The highest BCUT2D eigenvalue weighted by atomic mass is 16.4. The molecule has 0 aliphatic rings. The molecule has 0 aromatic heterocycles. The summed E-state index contributed by atoms with van der Waals surface area (Å²) in [5, 5.41) is 25.3. The zero-order valence-electron chi connectivity index (χ0n) is 16.4. The number of carbonyl (C=O) groups excluding carboxylic acids is 3. The van der Waals surface area contributed by atoms with Crippen molar-refractivity contribution in [3.8, 4) is 0 Å². The van der Waals surface area contributed by atoms with Crippen molar-refractivity contribution in [2.45, 2.75) is 57.7 Å². The first-order valence-electron chi connectivity index (χ1n) is 9.29. The summed E-state index contributed by atoms with van der Waals surface area (Å²) in [6.45, 7) is 3.03. The van der Waals surface area contributed by atoms with Crippen molar-refractivity contribution in [2.24, 2.45) is 17.4 Å². The van der Waals surface area contributed by atoms with Gasteiger partial charge in [-0.15, -0.1) is 0 Å². The van der Waals surface area contributed by atoms with Crippen LogP contribution in [0.1, 0.15) is 39.5 Å². The summed E-state index contributed by atoms with van der Waals surface area (Å²) in [7, 11) is 0. The standard InChI is InChI=1S/C17H33N5O6/c1-10(2)7-11(19)15(25)22-13(9-23)16(26)20-8-14(24)21-12(17(27)28)5-3-4-6-18/h10-13,23H,3-9,18-19H2,1-2H3,(H,20,26)(H,21,24)(H,22,25)(H,27,28). The highest BCUT2D eigenvalue weighted by Gasteiger charge is 2.25. The van der Waals surface area contributed by atoms with Crippen LogP contribution in [0.3, 0.4) is 0 Å². The zero-order valence-corrected chi connectivity index (χ0v) is 16.4. The van der Waals surface area contributed by atoms with Crippen molar-refractivity contribution < 1.29 is 29.4 Å². The van der Waals surface area contributed by atoms with Crippen LogP contribution in [-0.2, 0) is 19.2 Å². The minimum absolute atomic E-state index is 0.179. The second kappa shape index (κ2) is 13.9. The number of nitrogens with two attached hydrogens (primary N) is 2. The number of hydrogen-bond donors (Lipinski definition) is 7.